The SMILES string of the molecule is Cc1ccc(NC(=O)c2cc(F)cc(N3CCOCC3)c2)cc1-c1cc(C(=O)NCCc2ccncc2)on1. The van der Waals surface area contributed by atoms with Crippen LogP contribution in [0.5, 0.6) is 0 Å². The third kappa shape index (κ3) is 6.47. The Morgan fingerprint density at radius 3 is 2.59 bits per heavy atom. The van der Waals surface area contributed by atoms with Gasteiger partial charge in [-0.2, -0.15) is 0 Å². The van der Waals surface area contributed by atoms with E-state index in [-0.39, 0.29) is 17.2 Å². The molecule has 1 aliphatic heterocycles. The second kappa shape index (κ2) is 11.9. The predicted molar refractivity (Wildman–Crippen MR) is 144 cm³/mol. The molecular formula is C29H28FN5O4. The predicted octanol–water partition coefficient (Wildman–Crippen LogP) is 4.25. The molecule has 0 bridgehead atoms. The molecule has 39 heavy (non-hydrogen) atoms. The molecule has 4 aromatic rings. The molecule has 2 N–H and O–H groups in total. The van der Waals surface area contributed by atoms with Gasteiger partial charge in [-0.3, -0.25) is 14.6 Å². The molecule has 0 radical (unpaired) electrons. The van der Waals surface area contributed by atoms with Gasteiger partial charge >= 0.3 is 0 Å². The monoisotopic (exact) mass is 529 g/mol. The van der Waals surface area contributed by atoms with Gasteiger partial charge in [0.2, 0.25) is 5.76 Å². The summed E-state index contributed by atoms with van der Waals surface area (Å²) in [7, 11) is 0. The van der Waals surface area contributed by atoms with Crippen LogP contribution in [0.1, 0.15) is 32.0 Å². The summed E-state index contributed by atoms with van der Waals surface area (Å²) in [5.41, 5.74) is 4.46. The van der Waals surface area contributed by atoms with Crippen LogP contribution < -0.4 is 15.5 Å². The van der Waals surface area contributed by atoms with Crippen LogP contribution >= 0.6 is 0 Å². The minimum absolute atomic E-state index is 0.0870. The van der Waals surface area contributed by atoms with Crippen molar-refractivity contribution in [1.82, 2.24) is 15.5 Å². The minimum atomic E-state index is -0.483. The molecule has 2 aromatic carbocycles. The Bertz CT molecular complexity index is 1470. The molecule has 3 heterocycles. The van der Waals surface area contributed by atoms with E-state index in [1.165, 1.54) is 12.1 Å². The third-order valence-electron chi connectivity index (χ3n) is 6.47. The van der Waals surface area contributed by atoms with E-state index < -0.39 is 11.7 Å². The maximum absolute atomic E-state index is 14.4. The van der Waals surface area contributed by atoms with Crippen LogP contribution in [0.15, 0.2) is 71.5 Å². The highest BCUT2D eigenvalue weighted by molar-refractivity contribution is 6.05. The number of amides is 2. The summed E-state index contributed by atoms with van der Waals surface area (Å²) in [6.45, 7) is 4.71. The molecule has 1 fully saturated rings. The van der Waals surface area contributed by atoms with Crippen molar-refractivity contribution in [2.45, 2.75) is 13.3 Å². The number of nitrogens with one attached hydrogen (secondary N) is 2. The van der Waals surface area contributed by atoms with Crippen molar-refractivity contribution in [3.05, 3.63) is 95.3 Å². The number of pyridine rings is 1. The first-order valence-electron chi connectivity index (χ1n) is 12.7. The zero-order valence-corrected chi connectivity index (χ0v) is 21.4. The lowest BCUT2D eigenvalue weighted by atomic mass is 10.0. The highest BCUT2D eigenvalue weighted by Gasteiger charge is 2.18. The summed E-state index contributed by atoms with van der Waals surface area (Å²) in [4.78, 5) is 31.5. The fraction of sp³-hybridized carbons (Fsp3) is 0.241. The van der Waals surface area contributed by atoms with Crippen LogP contribution in [0, 0.1) is 12.7 Å². The summed E-state index contributed by atoms with van der Waals surface area (Å²) in [6, 6.07) is 15.0. The number of carbonyl (C=O) groups excluding carboxylic acids is 2. The van der Waals surface area contributed by atoms with E-state index in [2.05, 4.69) is 20.8 Å². The smallest absolute Gasteiger partial charge is 0.289 e. The Hall–Kier alpha value is -4.57. The zero-order chi connectivity index (χ0) is 27.2. The second-order valence-electron chi connectivity index (χ2n) is 9.22. The normalized spacial score (nSPS) is 13.2. The quantitative estimate of drug-likeness (QED) is 0.351. The Kier molecular flexibility index (Phi) is 7.93. The maximum atomic E-state index is 14.4. The lowest BCUT2D eigenvalue weighted by molar-refractivity contribution is 0.0917. The molecule has 0 saturated carbocycles. The second-order valence-corrected chi connectivity index (χ2v) is 9.22. The summed E-state index contributed by atoms with van der Waals surface area (Å²) >= 11 is 0. The Labute approximate surface area is 225 Å². The van der Waals surface area contributed by atoms with Gasteiger partial charge in [0.15, 0.2) is 0 Å². The van der Waals surface area contributed by atoms with Crippen LogP contribution in [0.25, 0.3) is 11.3 Å². The molecule has 0 unspecified atom stereocenters. The maximum Gasteiger partial charge on any atom is 0.289 e. The van der Waals surface area contributed by atoms with Gasteiger partial charge in [0.05, 0.1) is 13.2 Å². The number of anilines is 2. The molecule has 2 amide bonds. The largest absolute Gasteiger partial charge is 0.378 e. The Morgan fingerprint density at radius 2 is 1.79 bits per heavy atom. The topological polar surface area (TPSA) is 110 Å². The van der Waals surface area contributed by atoms with Crippen molar-refractivity contribution in [2.24, 2.45) is 0 Å². The van der Waals surface area contributed by atoms with Gasteiger partial charge < -0.3 is 24.8 Å². The highest BCUT2D eigenvalue weighted by atomic mass is 19.1. The number of hydrogen-bond acceptors (Lipinski definition) is 7. The lowest BCUT2D eigenvalue weighted by Crippen LogP contribution is -2.36. The van der Waals surface area contributed by atoms with Gasteiger partial charge in [-0.25, -0.2) is 4.39 Å². The molecule has 9 nitrogen and oxygen atoms in total. The summed E-state index contributed by atoms with van der Waals surface area (Å²) in [5.74, 6) is -1.20. The average molecular weight is 530 g/mol. The number of nitrogens with zero attached hydrogens (tertiary/aromatic N) is 3. The van der Waals surface area contributed by atoms with Crippen molar-refractivity contribution in [3.63, 3.8) is 0 Å². The van der Waals surface area contributed by atoms with E-state index >= 15 is 0 Å². The number of aromatic nitrogens is 2. The number of halogens is 1. The molecular weight excluding hydrogens is 501 g/mol. The summed E-state index contributed by atoms with van der Waals surface area (Å²) in [6.07, 6.45) is 4.08. The minimum Gasteiger partial charge on any atom is -0.378 e. The first-order chi connectivity index (χ1) is 19.0. The molecule has 5 rings (SSSR count). The number of hydrogen-bond donors (Lipinski definition) is 2. The summed E-state index contributed by atoms with van der Waals surface area (Å²) < 4.78 is 25.0. The van der Waals surface area contributed by atoms with E-state index in [0.29, 0.717) is 61.9 Å². The fourth-order valence-electron chi connectivity index (χ4n) is 4.35. The van der Waals surface area contributed by atoms with Crippen molar-refractivity contribution in [3.8, 4) is 11.3 Å². The first kappa shape index (κ1) is 26.1. The average Bonchev–Trinajstić information content (AvgIpc) is 3.45. The third-order valence-corrected chi connectivity index (χ3v) is 6.47. The highest BCUT2D eigenvalue weighted by Crippen LogP contribution is 2.27. The van der Waals surface area contributed by atoms with E-state index in [1.54, 1.807) is 36.7 Å². The Morgan fingerprint density at radius 1 is 1.00 bits per heavy atom. The van der Waals surface area contributed by atoms with Gasteiger partial charge in [-0.1, -0.05) is 11.2 Å². The number of rotatable bonds is 8. The molecule has 0 atom stereocenters. The van der Waals surface area contributed by atoms with E-state index in [9.17, 15) is 14.0 Å². The van der Waals surface area contributed by atoms with Crippen molar-refractivity contribution < 1.29 is 23.2 Å². The molecule has 1 aliphatic rings. The molecule has 1 saturated heterocycles. The number of benzene rings is 2. The fourth-order valence-corrected chi connectivity index (χ4v) is 4.35. The number of ether oxygens (including phenoxy) is 1. The van der Waals surface area contributed by atoms with Gasteiger partial charge in [-0.15, -0.1) is 0 Å². The lowest BCUT2D eigenvalue weighted by Gasteiger charge is -2.29. The van der Waals surface area contributed by atoms with Crippen LogP contribution in [0.3, 0.4) is 0 Å². The standard InChI is InChI=1S/C29H28FN5O4/c1-19-2-3-23(33-28(36)21-14-22(30)16-24(15-21)35-10-12-38-13-11-35)17-25(19)26-18-27(39-34-26)29(37)32-9-6-20-4-7-31-8-5-20/h2-5,7-8,14-18H,6,9-13H2,1H3,(H,32,37)(H,33,36). The van der Waals surface area contributed by atoms with Crippen LogP contribution in [-0.4, -0.2) is 54.8 Å². The van der Waals surface area contributed by atoms with E-state index in [4.69, 9.17) is 9.26 Å². The number of aryl methyl sites for hydroxylation is 1. The molecule has 0 aliphatic carbocycles. The van der Waals surface area contributed by atoms with Gasteiger partial charge in [-0.05, 0) is 66.9 Å². The van der Waals surface area contributed by atoms with Crippen LogP contribution in [0.4, 0.5) is 15.8 Å². The number of carbonyl (C=O) groups is 2. The zero-order valence-electron chi connectivity index (χ0n) is 21.4. The van der Waals surface area contributed by atoms with Crippen LogP contribution in [0.2, 0.25) is 0 Å². The Balaban J connectivity index is 1.26. The number of morpholine rings is 1. The van der Waals surface area contributed by atoms with E-state index in [1.807, 2.05) is 30.0 Å². The van der Waals surface area contributed by atoms with Gasteiger partial charge in [0.1, 0.15) is 11.5 Å². The van der Waals surface area contributed by atoms with Crippen molar-refractivity contribution in [1.29, 1.82) is 0 Å². The molecule has 2 aromatic heterocycles. The molecule has 200 valence electrons. The summed E-state index contributed by atoms with van der Waals surface area (Å²) in [5, 5.41) is 9.72. The van der Waals surface area contributed by atoms with Crippen molar-refractivity contribution >= 4 is 23.2 Å². The van der Waals surface area contributed by atoms with Crippen molar-refractivity contribution in [2.75, 3.05) is 43.1 Å². The molecule has 0 spiro atoms. The van der Waals surface area contributed by atoms with E-state index in [0.717, 1.165) is 11.1 Å². The van der Waals surface area contributed by atoms with Crippen LogP contribution in [-0.2, 0) is 11.2 Å². The first-order valence-corrected chi connectivity index (χ1v) is 12.7. The molecule has 10 heteroatoms. The van der Waals surface area contributed by atoms with Gasteiger partial charge in [0, 0.05) is 60.6 Å². The van der Waals surface area contributed by atoms with Gasteiger partial charge in [0.25, 0.3) is 11.8 Å².